The number of hydrogen-bond donors (Lipinski definition) is 0. The zero-order chi connectivity index (χ0) is 19.7. The highest BCUT2D eigenvalue weighted by molar-refractivity contribution is 7.09. The lowest BCUT2D eigenvalue weighted by Gasteiger charge is -2.29. The van der Waals surface area contributed by atoms with Crippen molar-refractivity contribution in [2.75, 3.05) is 25.2 Å². The van der Waals surface area contributed by atoms with Crippen molar-refractivity contribution in [3.8, 4) is 22.8 Å². The van der Waals surface area contributed by atoms with Gasteiger partial charge in [0.05, 0.1) is 30.0 Å². The van der Waals surface area contributed by atoms with Crippen LogP contribution in [0.5, 0.6) is 11.5 Å². The summed E-state index contributed by atoms with van der Waals surface area (Å²) >= 11 is 1.56. The minimum atomic E-state index is -0.254. The zero-order valence-electron chi connectivity index (χ0n) is 15.5. The van der Waals surface area contributed by atoms with Crippen molar-refractivity contribution >= 4 is 28.7 Å². The highest BCUT2D eigenvalue weighted by atomic mass is 32.1. The van der Waals surface area contributed by atoms with Gasteiger partial charge < -0.3 is 9.47 Å². The van der Waals surface area contributed by atoms with Gasteiger partial charge in [-0.1, -0.05) is 12.1 Å². The molecule has 4 rings (SSSR count). The fourth-order valence-electron chi connectivity index (χ4n) is 3.06. The number of nitrogens with zero attached hydrogens (tertiary/aromatic N) is 2. The maximum atomic E-state index is 12.8. The molecular weight excluding hydrogens is 376 g/mol. The number of carbonyl (C=O) groups excluding carboxylic acids is 2. The number of rotatable bonds is 5. The van der Waals surface area contributed by atoms with Gasteiger partial charge in [-0.2, -0.15) is 0 Å². The van der Waals surface area contributed by atoms with Gasteiger partial charge in [0, 0.05) is 16.5 Å². The van der Waals surface area contributed by atoms with Crippen molar-refractivity contribution in [2.24, 2.45) is 0 Å². The molecule has 28 heavy (non-hydrogen) atoms. The predicted octanol–water partition coefficient (Wildman–Crippen LogP) is 3.74. The molecular formula is C21H18N2O4S. The monoisotopic (exact) mass is 394 g/mol. The van der Waals surface area contributed by atoms with Crippen molar-refractivity contribution in [2.45, 2.75) is 6.92 Å². The van der Waals surface area contributed by atoms with Crippen LogP contribution in [0.15, 0.2) is 47.8 Å². The Morgan fingerprint density at radius 1 is 1.29 bits per heavy atom. The van der Waals surface area contributed by atoms with Gasteiger partial charge in [0.25, 0.3) is 5.91 Å². The SMILES string of the molecule is COc1cccc(C(=O)CN2C(=O)COc3ccc(-c4csc(C)n4)cc32)c1. The van der Waals surface area contributed by atoms with Crippen LogP contribution in [-0.2, 0) is 4.79 Å². The molecule has 7 heteroatoms. The molecule has 2 heterocycles. The Morgan fingerprint density at radius 2 is 2.14 bits per heavy atom. The maximum absolute atomic E-state index is 12.8. The number of thiazole rings is 1. The summed E-state index contributed by atoms with van der Waals surface area (Å²) in [6.07, 6.45) is 0. The Hall–Kier alpha value is -3.19. The average molecular weight is 394 g/mol. The molecule has 0 spiro atoms. The molecule has 1 aliphatic heterocycles. The van der Waals surface area contributed by atoms with E-state index in [2.05, 4.69) is 4.98 Å². The number of benzene rings is 2. The Bertz CT molecular complexity index is 1060. The molecule has 3 aromatic rings. The minimum absolute atomic E-state index is 0.0676. The van der Waals surface area contributed by atoms with E-state index in [1.165, 1.54) is 4.90 Å². The van der Waals surface area contributed by atoms with Crippen LogP contribution in [0.4, 0.5) is 5.69 Å². The molecule has 0 saturated carbocycles. The second-order valence-corrected chi connectivity index (χ2v) is 7.42. The van der Waals surface area contributed by atoms with E-state index < -0.39 is 0 Å². The first-order valence-corrected chi connectivity index (χ1v) is 9.60. The first kappa shape index (κ1) is 18.2. The lowest BCUT2D eigenvalue weighted by atomic mass is 10.1. The number of carbonyl (C=O) groups is 2. The summed E-state index contributed by atoms with van der Waals surface area (Å²) in [7, 11) is 1.55. The summed E-state index contributed by atoms with van der Waals surface area (Å²) in [6.45, 7) is 1.79. The van der Waals surface area contributed by atoms with Crippen LogP contribution >= 0.6 is 11.3 Å². The maximum Gasteiger partial charge on any atom is 0.265 e. The number of methoxy groups -OCH3 is 1. The van der Waals surface area contributed by atoms with Crippen LogP contribution in [-0.4, -0.2) is 36.9 Å². The van der Waals surface area contributed by atoms with Crippen molar-refractivity contribution in [3.63, 3.8) is 0 Å². The number of ether oxygens (including phenoxy) is 2. The van der Waals surface area contributed by atoms with Gasteiger partial charge in [0.15, 0.2) is 12.4 Å². The third-order valence-electron chi connectivity index (χ3n) is 4.51. The van der Waals surface area contributed by atoms with E-state index >= 15 is 0 Å². The van der Waals surface area contributed by atoms with E-state index in [0.717, 1.165) is 16.3 Å². The van der Waals surface area contributed by atoms with Crippen LogP contribution in [0.1, 0.15) is 15.4 Å². The van der Waals surface area contributed by atoms with Crippen molar-refractivity contribution in [1.82, 2.24) is 4.98 Å². The Balaban J connectivity index is 1.66. The van der Waals surface area contributed by atoms with E-state index in [0.29, 0.717) is 22.7 Å². The number of ketones is 1. The molecule has 1 aliphatic rings. The molecule has 0 N–H and O–H groups in total. The number of amides is 1. The Kier molecular flexibility index (Phi) is 4.83. The molecule has 0 saturated heterocycles. The van der Waals surface area contributed by atoms with Crippen LogP contribution in [0.3, 0.4) is 0 Å². The highest BCUT2D eigenvalue weighted by Crippen LogP contribution is 2.36. The second-order valence-electron chi connectivity index (χ2n) is 6.36. The first-order chi connectivity index (χ1) is 13.5. The average Bonchev–Trinajstić information content (AvgIpc) is 3.16. The molecule has 0 atom stereocenters. The van der Waals surface area contributed by atoms with Gasteiger partial charge in [-0.15, -0.1) is 11.3 Å². The second kappa shape index (κ2) is 7.44. The van der Waals surface area contributed by atoms with E-state index in [1.807, 2.05) is 30.5 Å². The fourth-order valence-corrected chi connectivity index (χ4v) is 3.68. The Morgan fingerprint density at radius 3 is 2.89 bits per heavy atom. The summed E-state index contributed by atoms with van der Waals surface area (Å²) in [5.74, 6) is 0.750. The molecule has 1 aromatic heterocycles. The smallest absolute Gasteiger partial charge is 0.265 e. The summed E-state index contributed by atoms with van der Waals surface area (Å²) in [5, 5.41) is 2.93. The van der Waals surface area contributed by atoms with Gasteiger partial charge in [0.1, 0.15) is 11.5 Å². The fraction of sp³-hybridized carbons (Fsp3) is 0.190. The van der Waals surface area contributed by atoms with Crippen LogP contribution in [0, 0.1) is 6.92 Å². The van der Waals surface area contributed by atoms with Gasteiger partial charge in [-0.3, -0.25) is 14.5 Å². The highest BCUT2D eigenvalue weighted by Gasteiger charge is 2.28. The van der Waals surface area contributed by atoms with Gasteiger partial charge in [0.2, 0.25) is 0 Å². The summed E-state index contributed by atoms with van der Waals surface area (Å²) in [6, 6.07) is 12.5. The van der Waals surface area contributed by atoms with Gasteiger partial charge in [-0.25, -0.2) is 4.98 Å². The van der Waals surface area contributed by atoms with Gasteiger partial charge in [-0.05, 0) is 37.3 Å². The van der Waals surface area contributed by atoms with Crippen molar-refractivity contribution in [3.05, 3.63) is 58.4 Å². The molecule has 2 aromatic carbocycles. The number of fused-ring (bicyclic) bond motifs is 1. The largest absolute Gasteiger partial charge is 0.497 e. The lowest BCUT2D eigenvalue weighted by molar-refractivity contribution is -0.121. The van der Waals surface area contributed by atoms with E-state index in [1.54, 1.807) is 42.7 Å². The summed E-state index contributed by atoms with van der Waals surface area (Å²) in [5.41, 5.74) is 2.78. The lowest BCUT2D eigenvalue weighted by Crippen LogP contribution is -2.42. The number of anilines is 1. The van der Waals surface area contributed by atoms with Gasteiger partial charge >= 0.3 is 0 Å². The third kappa shape index (κ3) is 3.48. The van der Waals surface area contributed by atoms with E-state index in [9.17, 15) is 9.59 Å². The quantitative estimate of drug-likeness (QED) is 0.617. The van der Waals surface area contributed by atoms with Crippen LogP contribution in [0.2, 0.25) is 0 Å². The molecule has 0 aliphatic carbocycles. The molecule has 142 valence electrons. The summed E-state index contributed by atoms with van der Waals surface area (Å²) < 4.78 is 10.7. The summed E-state index contributed by atoms with van der Waals surface area (Å²) in [4.78, 5) is 31.3. The number of aryl methyl sites for hydroxylation is 1. The van der Waals surface area contributed by atoms with Crippen LogP contribution < -0.4 is 14.4 Å². The topological polar surface area (TPSA) is 68.7 Å². The Labute approximate surface area is 166 Å². The number of hydrogen-bond acceptors (Lipinski definition) is 6. The van der Waals surface area contributed by atoms with Crippen molar-refractivity contribution in [1.29, 1.82) is 0 Å². The molecule has 0 fully saturated rings. The zero-order valence-corrected chi connectivity index (χ0v) is 16.3. The molecule has 0 radical (unpaired) electrons. The third-order valence-corrected chi connectivity index (χ3v) is 5.28. The first-order valence-electron chi connectivity index (χ1n) is 8.72. The number of aromatic nitrogens is 1. The minimum Gasteiger partial charge on any atom is -0.497 e. The standard InChI is InChI=1S/C21H18N2O4S/c1-13-22-17(12-28-13)14-6-7-20-18(9-14)23(21(25)11-27-20)10-19(24)15-4-3-5-16(8-15)26-2/h3-9,12H,10-11H2,1-2H3. The normalized spacial score (nSPS) is 13.1. The van der Waals surface area contributed by atoms with E-state index in [4.69, 9.17) is 9.47 Å². The number of Topliss-reactive ketones (excluding diaryl/α,β-unsaturated/α-hetero) is 1. The molecule has 1 amide bonds. The predicted molar refractivity (Wildman–Crippen MR) is 107 cm³/mol. The van der Waals surface area contributed by atoms with Crippen LogP contribution in [0.25, 0.3) is 11.3 Å². The molecule has 0 unspecified atom stereocenters. The molecule has 6 nitrogen and oxygen atoms in total. The molecule has 0 bridgehead atoms. The van der Waals surface area contributed by atoms with Crippen molar-refractivity contribution < 1.29 is 19.1 Å². The van der Waals surface area contributed by atoms with E-state index in [-0.39, 0.29) is 24.8 Å².